The highest BCUT2D eigenvalue weighted by Crippen LogP contribution is 2.32. The molecule has 0 amide bonds. The molecule has 0 fully saturated rings. The SMILES string of the molecule is C=C(C)CC(=O)OC.Cc1cccc(-c2csc(N)n2)c1O. The van der Waals surface area contributed by atoms with E-state index in [0.29, 0.717) is 11.6 Å². The fourth-order valence-corrected chi connectivity index (χ4v) is 2.16. The van der Waals surface area contributed by atoms with Gasteiger partial charge in [0.05, 0.1) is 19.2 Å². The molecule has 1 heterocycles. The molecular formula is C16H20N2O3S. The van der Waals surface area contributed by atoms with Gasteiger partial charge < -0.3 is 15.6 Å². The second-order valence-corrected chi connectivity index (χ2v) is 5.64. The highest BCUT2D eigenvalue weighted by atomic mass is 32.1. The number of thiazole rings is 1. The van der Waals surface area contributed by atoms with E-state index < -0.39 is 0 Å². The summed E-state index contributed by atoms with van der Waals surface area (Å²) >= 11 is 1.37. The molecular weight excluding hydrogens is 300 g/mol. The second-order valence-electron chi connectivity index (χ2n) is 4.75. The van der Waals surface area contributed by atoms with Gasteiger partial charge >= 0.3 is 5.97 Å². The van der Waals surface area contributed by atoms with Gasteiger partial charge in [-0.25, -0.2) is 4.98 Å². The van der Waals surface area contributed by atoms with Crippen LogP contribution in [0.3, 0.4) is 0 Å². The summed E-state index contributed by atoms with van der Waals surface area (Å²) < 4.78 is 4.36. The highest BCUT2D eigenvalue weighted by molar-refractivity contribution is 7.13. The maximum atomic E-state index is 10.3. The minimum Gasteiger partial charge on any atom is -0.507 e. The normalized spacial score (nSPS) is 9.59. The summed E-state index contributed by atoms with van der Waals surface area (Å²) in [6.45, 7) is 7.19. The van der Waals surface area contributed by atoms with Crippen LogP contribution in [0.25, 0.3) is 11.3 Å². The highest BCUT2D eigenvalue weighted by Gasteiger charge is 2.08. The standard InChI is InChI=1S/C10H10N2OS.C6H10O2/c1-6-3-2-4-7(9(6)13)8-5-14-10(11)12-8;1-5(2)4-6(7)8-3/h2-5,13H,1H3,(H2,11,12);1,4H2,2-3H3. The Balaban J connectivity index is 0.000000261. The lowest BCUT2D eigenvalue weighted by Crippen LogP contribution is -1.98. The van der Waals surface area contributed by atoms with Gasteiger partial charge in [0.2, 0.25) is 0 Å². The molecule has 1 aromatic heterocycles. The number of carbonyl (C=O) groups is 1. The lowest BCUT2D eigenvalue weighted by molar-refractivity contribution is -0.139. The Kier molecular flexibility index (Phi) is 6.59. The number of nitrogens with two attached hydrogens (primary N) is 1. The molecule has 0 atom stereocenters. The zero-order valence-corrected chi connectivity index (χ0v) is 13.7. The van der Waals surface area contributed by atoms with Crippen molar-refractivity contribution in [1.82, 2.24) is 4.98 Å². The number of hydrogen-bond acceptors (Lipinski definition) is 6. The van der Waals surface area contributed by atoms with E-state index in [1.807, 2.05) is 30.5 Å². The molecule has 0 spiro atoms. The number of benzene rings is 1. The summed E-state index contributed by atoms with van der Waals surface area (Å²) in [5.41, 5.74) is 8.67. The van der Waals surface area contributed by atoms with E-state index in [9.17, 15) is 9.90 Å². The van der Waals surface area contributed by atoms with Crippen molar-refractivity contribution in [2.24, 2.45) is 0 Å². The Morgan fingerprint density at radius 2 is 2.18 bits per heavy atom. The van der Waals surface area contributed by atoms with Crippen molar-refractivity contribution in [2.75, 3.05) is 12.8 Å². The predicted molar refractivity (Wildman–Crippen MR) is 89.8 cm³/mol. The van der Waals surface area contributed by atoms with Crippen molar-refractivity contribution >= 4 is 22.4 Å². The maximum absolute atomic E-state index is 10.3. The van der Waals surface area contributed by atoms with E-state index in [-0.39, 0.29) is 11.7 Å². The van der Waals surface area contributed by atoms with Gasteiger partial charge in [-0.2, -0.15) is 0 Å². The minimum atomic E-state index is -0.225. The number of phenols is 1. The molecule has 2 rings (SSSR count). The average Bonchev–Trinajstić information content (AvgIpc) is 2.88. The number of methoxy groups -OCH3 is 1. The van der Waals surface area contributed by atoms with Crippen LogP contribution in [0.2, 0.25) is 0 Å². The van der Waals surface area contributed by atoms with Gasteiger partial charge in [-0.15, -0.1) is 11.3 Å². The van der Waals surface area contributed by atoms with Gasteiger partial charge in [0, 0.05) is 10.9 Å². The molecule has 22 heavy (non-hydrogen) atoms. The molecule has 5 nitrogen and oxygen atoms in total. The molecule has 0 radical (unpaired) electrons. The molecule has 118 valence electrons. The Bertz CT molecular complexity index is 665. The van der Waals surface area contributed by atoms with Gasteiger partial charge in [-0.3, -0.25) is 4.79 Å². The van der Waals surface area contributed by atoms with E-state index in [1.165, 1.54) is 18.4 Å². The Labute approximate surface area is 134 Å². The van der Waals surface area contributed by atoms with Crippen molar-refractivity contribution in [3.63, 3.8) is 0 Å². The lowest BCUT2D eigenvalue weighted by Gasteiger charge is -2.03. The molecule has 3 N–H and O–H groups in total. The van der Waals surface area contributed by atoms with Gasteiger partial charge in [-0.05, 0) is 25.5 Å². The number of aryl methyl sites for hydroxylation is 1. The number of anilines is 1. The molecule has 6 heteroatoms. The Morgan fingerprint density at radius 1 is 1.50 bits per heavy atom. The van der Waals surface area contributed by atoms with E-state index in [2.05, 4.69) is 16.3 Å². The van der Waals surface area contributed by atoms with Gasteiger partial charge in [-0.1, -0.05) is 24.3 Å². The smallest absolute Gasteiger partial charge is 0.309 e. The third-order valence-corrected chi connectivity index (χ3v) is 3.38. The maximum Gasteiger partial charge on any atom is 0.309 e. The zero-order valence-electron chi connectivity index (χ0n) is 12.9. The summed E-state index contributed by atoms with van der Waals surface area (Å²) in [4.78, 5) is 14.5. The summed E-state index contributed by atoms with van der Waals surface area (Å²) in [5, 5.41) is 12.1. The quantitative estimate of drug-likeness (QED) is 0.667. The second kappa shape index (κ2) is 8.19. The number of carbonyl (C=O) groups excluding carboxylic acids is 1. The van der Waals surface area contributed by atoms with Crippen molar-refractivity contribution < 1.29 is 14.6 Å². The van der Waals surface area contributed by atoms with Crippen molar-refractivity contribution in [3.05, 3.63) is 41.3 Å². The number of nitrogens with zero attached hydrogens (tertiary/aromatic N) is 1. The lowest BCUT2D eigenvalue weighted by atomic mass is 10.1. The van der Waals surface area contributed by atoms with Crippen molar-refractivity contribution in [3.8, 4) is 17.0 Å². The van der Waals surface area contributed by atoms with Crippen molar-refractivity contribution in [2.45, 2.75) is 20.3 Å². The number of para-hydroxylation sites is 1. The number of aromatic hydroxyl groups is 1. The predicted octanol–water partition coefficient (Wildman–Crippen LogP) is 3.53. The topological polar surface area (TPSA) is 85.4 Å². The molecule has 0 unspecified atom stereocenters. The van der Waals surface area contributed by atoms with Crippen LogP contribution in [0.1, 0.15) is 18.9 Å². The van der Waals surface area contributed by atoms with Crippen LogP contribution in [0.15, 0.2) is 35.7 Å². The van der Waals surface area contributed by atoms with E-state index in [4.69, 9.17) is 5.73 Å². The summed E-state index contributed by atoms with van der Waals surface area (Å²) in [6.07, 6.45) is 0.330. The monoisotopic (exact) mass is 320 g/mol. The number of rotatable bonds is 3. The van der Waals surface area contributed by atoms with Crippen LogP contribution in [0.4, 0.5) is 5.13 Å². The summed E-state index contributed by atoms with van der Waals surface area (Å²) in [7, 11) is 1.37. The summed E-state index contributed by atoms with van der Waals surface area (Å²) in [6, 6.07) is 5.57. The van der Waals surface area contributed by atoms with Gasteiger partial charge in [0.15, 0.2) is 5.13 Å². The Morgan fingerprint density at radius 3 is 2.64 bits per heavy atom. The first-order chi connectivity index (χ1) is 10.3. The van der Waals surface area contributed by atoms with Crippen molar-refractivity contribution in [1.29, 1.82) is 0 Å². The van der Waals surface area contributed by atoms with Gasteiger partial charge in [0.1, 0.15) is 5.75 Å². The fourth-order valence-electron chi connectivity index (χ4n) is 1.60. The number of phenolic OH excluding ortho intramolecular Hbond substituents is 1. The van der Waals surface area contributed by atoms with E-state index in [1.54, 1.807) is 6.92 Å². The molecule has 0 aliphatic carbocycles. The van der Waals surface area contributed by atoms with Crippen LogP contribution in [-0.2, 0) is 9.53 Å². The first-order valence-electron chi connectivity index (χ1n) is 6.56. The Hall–Kier alpha value is -2.34. The molecule has 0 aliphatic heterocycles. The molecule has 2 aromatic rings. The number of ether oxygens (including phenoxy) is 1. The van der Waals surface area contributed by atoms with Crippen LogP contribution in [-0.4, -0.2) is 23.2 Å². The minimum absolute atomic E-state index is 0.225. The molecule has 0 bridgehead atoms. The summed E-state index contributed by atoms with van der Waals surface area (Å²) in [5.74, 6) is 0.0512. The first kappa shape index (κ1) is 17.7. The fraction of sp³-hybridized carbons (Fsp3) is 0.250. The third-order valence-electron chi connectivity index (χ3n) is 2.71. The molecule has 1 aromatic carbocycles. The molecule has 0 saturated heterocycles. The van der Waals surface area contributed by atoms with Crippen LogP contribution in [0, 0.1) is 6.92 Å². The number of hydrogen-bond donors (Lipinski definition) is 2. The van der Waals surface area contributed by atoms with Gasteiger partial charge in [0.25, 0.3) is 0 Å². The van der Waals surface area contributed by atoms with E-state index in [0.717, 1.165) is 22.4 Å². The molecule has 0 saturated carbocycles. The third kappa shape index (κ3) is 5.21. The van der Waals surface area contributed by atoms with Crippen LogP contribution in [0.5, 0.6) is 5.75 Å². The van der Waals surface area contributed by atoms with Crippen LogP contribution < -0.4 is 5.73 Å². The largest absolute Gasteiger partial charge is 0.507 e. The first-order valence-corrected chi connectivity index (χ1v) is 7.44. The molecule has 0 aliphatic rings. The zero-order chi connectivity index (χ0) is 16.7. The average molecular weight is 320 g/mol. The number of nitrogen functional groups attached to an aromatic ring is 1. The van der Waals surface area contributed by atoms with Crippen LogP contribution >= 0.6 is 11.3 Å². The number of esters is 1. The van der Waals surface area contributed by atoms with E-state index >= 15 is 0 Å². The number of aromatic nitrogens is 1.